The molecule has 9 N–H and O–H groups in total. The van der Waals surface area contributed by atoms with E-state index in [1.54, 1.807) is 6.08 Å². The molecule has 0 unspecified atom stereocenters. The fourth-order valence-corrected chi connectivity index (χ4v) is 3.78. The van der Waals surface area contributed by atoms with Crippen LogP contribution in [0.1, 0.15) is 11.8 Å². The molecule has 12 heteroatoms. The molecule has 2 aromatic rings. The first-order valence-electron chi connectivity index (χ1n) is 9.11. The molecule has 7 atom stereocenters. The lowest BCUT2D eigenvalue weighted by atomic mass is 10.1. The largest absolute Gasteiger partial charge is 0.394 e. The van der Waals surface area contributed by atoms with Crippen LogP contribution in [0.4, 0.5) is 5.95 Å². The van der Waals surface area contributed by atoms with Gasteiger partial charge in [0.1, 0.15) is 24.4 Å². The van der Waals surface area contributed by atoms with Gasteiger partial charge in [-0.25, -0.2) is 0 Å². The van der Waals surface area contributed by atoms with Crippen molar-refractivity contribution < 1.29 is 30.3 Å². The maximum atomic E-state index is 12.5. The topological polar surface area (TPSA) is 199 Å². The number of aliphatic hydroxyl groups is 5. The molecular weight excluding hydrogens is 386 g/mol. The molecular formula is C17H23N5O7. The summed E-state index contributed by atoms with van der Waals surface area (Å²) >= 11 is 0. The number of ether oxygens (including phenoxy) is 1. The molecule has 0 saturated carbocycles. The lowest BCUT2D eigenvalue weighted by Gasteiger charge is -2.18. The van der Waals surface area contributed by atoms with Crippen LogP contribution in [-0.2, 0) is 11.3 Å². The van der Waals surface area contributed by atoms with Crippen molar-refractivity contribution in [2.45, 2.75) is 49.3 Å². The van der Waals surface area contributed by atoms with Gasteiger partial charge in [0.25, 0.3) is 5.56 Å². The number of anilines is 1. The Bertz CT molecular complexity index is 988. The molecule has 1 aliphatic heterocycles. The van der Waals surface area contributed by atoms with Crippen molar-refractivity contribution in [2.75, 3.05) is 12.3 Å². The van der Waals surface area contributed by atoms with Crippen LogP contribution in [0.25, 0.3) is 11.0 Å². The van der Waals surface area contributed by atoms with Gasteiger partial charge in [0.15, 0.2) is 11.9 Å². The van der Waals surface area contributed by atoms with Gasteiger partial charge < -0.3 is 45.9 Å². The van der Waals surface area contributed by atoms with Crippen molar-refractivity contribution in [1.29, 1.82) is 0 Å². The van der Waals surface area contributed by atoms with Gasteiger partial charge in [0.2, 0.25) is 5.95 Å². The number of hydrogen-bond acceptors (Lipinski definition) is 10. The Hall–Kier alpha value is -2.32. The highest BCUT2D eigenvalue weighted by atomic mass is 16.6. The Morgan fingerprint density at radius 3 is 2.59 bits per heavy atom. The first-order chi connectivity index (χ1) is 13.8. The van der Waals surface area contributed by atoms with Crippen molar-refractivity contribution in [1.82, 2.24) is 19.9 Å². The van der Waals surface area contributed by atoms with Crippen LogP contribution in [-0.4, -0.2) is 83.2 Å². The molecule has 12 nitrogen and oxygen atoms in total. The molecule has 1 saturated heterocycles. The van der Waals surface area contributed by atoms with Crippen molar-refractivity contribution in [3.8, 4) is 0 Å². The molecule has 3 heterocycles. The van der Waals surface area contributed by atoms with Crippen LogP contribution in [0, 0.1) is 0 Å². The average Bonchev–Trinajstić information content (AvgIpc) is 3.29. The molecule has 0 radical (unpaired) electrons. The summed E-state index contributed by atoms with van der Waals surface area (Å²) in [5.41, 5.74) is 5.78. The van der Waals surface area contributed by atoms with E-state index >= 15 is 0 Å². The van der Waals surface area contributed by atoms with E-state index < -0.39 is 55.0 Å². The Morgan fingerprint density at radius 1 is 1.21 bits per heavy atom. The zero-order valence-electron chi connectivity index (χ0n) is 15.2. The van der Waals surface area contributed by atoms with Gasteiger partial charge in [-0.1, -0.05) is 12.2 Å². The van der Waals surface area contributed by atoms with Crippen molar-refractivity contribution in [3.63, 3.8) is 0 Å². The highest BCUT2D eigenvalue weighted by Gasteiger charge is 2.44. The summed E-state index contributed by atoms with van der Waals surface area (Å²) in [7, 11) is 0. The minimum absolute atomic E-state index is 0.131. The zero-order chi connectivity index (χ0) is 20.9. The second-order valence-electron chi connectivity index (χ2n) is 7.21. The van der Waals surface area contributed by atoms with E-state index in [1.807, 2.05) is 0 Å². The first-order valence-corrected chi connectivity index (χ1v) is 9.11. The lowest BCUT2D eigenvalue weighted by molar-refractivity contribution is -0.0509. The van der Waals surface area contributed by atoms with Crippen LogP contribution in [0.5, 0.6) is 0 Å². The number of rotatable bonds is 5. The Labute approximate surface area is 163 Å². The summed E-state index contributed by atoms with van der Waals surface area (Å²) < 4.78 is 6.93. The van der Waals surface area contributed by atoms with Gasteiger partial charge >= 0.3 is 0 Å². The highest BCUT2D eigenvalue weighted by molar-refractivity contribution is 5.80. The Morgan fingerprint density at radius 2 is 1.97 bits per heavy atom. The quantitative estimate of drug-likeness (QED) is 0.231. The number of nitrogens with one attached hydrogen (secondary N) is 2. The van der Waals surface area contributed by atoms with Gasteiger partial charge in [-0.15, -0.1) is 0 Å². The monoisotopic (exact) mass is 409 g/mol. The molecule has 0 spiro atoms. The minimum Gasteiger partial charge on any atom is -0.394 e. The zero-order valence-corrected chi connectivity index (χ0v) is 15.2. The number of nitrogens with two attached hydrogens (primary N) is 1. The summed E-state index contributed by atoms with van der Waals surface area (Å²) in [6, 6.07) is -0.516. The summed E-state index contributed by atoms with van der Waals surface area (Å²) in [6.07, 6.45) is -2.13. The third kappa shape index (κ3) is 3.34. The average molecular weight is 409 g/mol. The number of nitrogen functional groups attached to an aromatic ring is 1. The van der Waals surface area contributed by atoms with E-state index in [2.05, 4.69) is 15.3 Å². The maximum Gasteiger partial charge on any atom is 0.262 e. The lowest BCUT2D eigenvalue weighted by Crippen LogP contribution is -2.40. The predicted octanol–water partition coefficient (Wildman–Crippen LogP) is -3.33. The van der Waals surface area contributed by atoms with E-state index in [0.29, 0.717) is 5.56 Å². The fourth-order valence-electron chi connectivity index (χ4n) is 3.78. The van der Waals surface area contributed by atoms with Crippen LogP contribution in [0.2, 0.25) is 0 Å². The molecule has 2 aliphatic rings. The SMILES string of the molecule is Nc1nc2c(c(CN[C@@H]3C=C[C@@H](O)[C@H]3O)cn2[C@@H]2O[C@H](CO)[C@@H](O)[C@H]2O)c(=O)[nH]1. The number of H-pyrrole nitrogens is 1. The second-order valence-corrected chi connectivity index (χ2v) is 7.21. The van der Waals surface area contributed by atoms with E-state index in [9.17, 15) is 30.3 Å². The van der Waals surface area contributed by atoms with Gasteiger partial charge in [-0.2, -0.15) is 4.98 Å². The van der Waals surface area contributed by atoms with Crippen LogP contribution < -0.4 is 16.6 Å². The van der Waals surface area contributed by atoms with Crippen molar-refractivity contribution in [2.24, 2.45) is 0 Å². The van der Waals surface area contributed by atoms with Gasteiger partial charge in [0.05, 0.1) is 24.1 Å². The predicted molar refractivity (Wildman–Crippen MR) is 99.6 cm³/mol. The normalized spacial score (nSPS) is 34.4. The Kier molecular flexibility index (Phi) is 5.16. The molecule has 0 bridgehead atoms. The molecule has 0 aromatic carbocycles. The van der Waals surface area contributed by atoms with Gasteiger partial charge in [0, 0.05) is 12.7 Å². The third-order valence-electron chi connectivity index (χ3n) is 5.33. The number of aliphatic hydroxyl groups excluding tert-OH is 5. The van der Waals surface area contributed by atoms with E-state index in [1.165, 1.54) is 16.8 Å². The summed E-state index contributed by atoms with van der Waals surface area (Å²) in [6.45, 7) is -0.363. The third-order valence-corrected chi connectivity index (χ3v) is 5.33. The summed E-state index contributed by atoms with van der Waals surface area (Å²) in [5.74, 6) is -0.134. The second kappa shape index (κ2) is 7.50. The number of aromatic nitrogens is 3. The van der Waals surface area contributed by atoms with Gasteiger partial charge in [-0.3, -0.25) is 9.78 Å². The smallest absolute Gasteiger partial charge is 0.262 e. The first kappa shape index (κ1) is 20.0. The molecule has 1 aliphatic carbocycles. The summed E-state index contributed by atoms with van der Waals surface area (Å²) in [5, 5.41) is 52.5. The van der Waals surface area contributed by atoms with E-state index in [4.69, 9.17) is 10.5 Å². The number of fused-ring (bicyclic) bond motifs is 1. The van der Waals surface area contributed by atoms with Crippen LogP contribution in [0.15, 0.2) is 23.1 Å². The molecule has 158 valence electrons. The highest BCUT2D eigenvalue weighted by Crippen LogP contribution is 2.32. The number of nitrogens with zero attached hydrogens (tertiary/aromatic N) is 2. The summed E-state index contributed by atoms with van der Waals surface area (Å²) in [4.78, 5) is 19.1. The molecule has 29 heavy (non-hydrogen) atoms. The molecule has 0 amide bonds. The van der Waals surface area contributed by atoms with Crippen LogP contribution in [0.3, 0.4) is 0 Å². The molecule has 2 aromatic heterocycles. The number of aromatic amines is 1. The van der Waals surface area contributed by atoms with Crippen molar-refractivity contribution in [3.05, 3.63) is 34.3 Å². The molecule has 4 rings (SSSR count). The number of hydrogen-bond donors (Lipinski definition) is 8. The maximum absolute atomic E-state index is 12.5. The van der Waals surface area contributed by atoms with Gasteiger partial charge in [-0.05, 0) is 5.56 Å². The standard InChI is InChI=1S/C17H23N5O7/c18-17-20-14-10(15(28)21-17)6(3-19-7-1-2-8(24)11(7)25)4-22(14)16-13(27)12(26)9(5-23)29-16/h1-2,4,7-9,11-13,16,19,23-27H,3,5H2,(H3,18,20,21,28)/t7-,8-,9-,11+,12-,13-,16-/m1/s1. The molecule has 1 fully saturated rings. The van der Waals surface area contributed by atoms with Crippen molar-refractivity contribution >= 4 is 17.0 Å². The van der Waals surface area contributed by atoms with E-state index in [-0.39, 0.29) is 23.5 Å². The Balaban J connectivity index is 1.71. The fraction of sp³-hybridized carbons (Fsp3) is 0.529. The van der Waals surface area contributed by atoms with E-state index in [0.717, 1.165) is 0 Å². The van der Waals surface area contributed by atoms with Crippen LogP contribution >= 0.6 is 0 Å². The minimum atomic E-state index is -1.36.